The van der Waals surface area contributed by atoms with E-state index in [1.54, 1.807) is 0 Å². The van der Waals surface area contributed by atoms with Crippen LogP contribution in [0, 0.1) is 17.8 Å². The molecule has 0 amide bonds. The van der Waals surface area contributed by atoms with Gasteiger partial charge in [0, 0.05) is 19.4 Å². The van der Waals surface area contributed by atoms with E-state index in [0.29, 0.717) is 23.7 Å². The minimum absolute atomic E-state index is 0.485. The smallest absolute Gasteiger partial charge is 0.133 e. The quantitative estimate of drug-likeness (QED) is 0.688. The molecule has 3 fully saturated rings. The molecule has 3 rings (SSSR count). The predicted molar refractivity (Wildman–Crippen MR) is 52.9 cm³/mol. The maximum absolute atomic E-state index is 11.2. The maximum Gasteiger partial charge on any atom is 0.133 e. The van der Waals surface area contributed by atoms with E-state index in [-0.39, 0.29) is 0 Å². The molecule has 0 bridgehead atoms. The van der Waals surface area contributed by atoms with E-state index in [4.69, 9.17) is 4.74 Å². The fourth-order valence-corrected chi connectivity index (χ4v) is 3.02. The van der Waals surface area contributed by atoms with Crippen molar-refractivity contribution in [2.75, 3.05) is 6.61 Å². The van der Waals surface area contributed by atoms with Gasteiger partial charge in [0.25, 0.3) is 0 Å². The Balaban J connectivity index is 1.48. The van der Waals surface area contributed by atoms with Crippen molar-refractivity contribution in [2.24, 2.45) is 17.8 Å². The number of Topliss-reactive ketones (excluding diaryl/α,β-unsaturated/α-hetero) is 1. The van der Waals surface area contributed by atoms with Gasteiger partial charge in [-0.1, -0.05) is 0 Å². The molecule has 3 aliphatic rings. The maximum atomic E-state index is 11.2. The summed E-state index contributed by atoms with van der Waals surface area (Å²) in [6.45, 7) is 0.984. The van der Waals surface area contributed by atoms with E-state index in [1.807, 2.05) is 0 Å². The molecule has 0 aromatic rings. The summed E-state index contributed by atoms with van der Waals surface area (Å²) in [7, 11) is 0. The van der Waals surface area contributed by atoms with E-state index in [2.05, 4.69) is 0 Å². The van der Waals surface area contributed by atoms with Gasteiger partial charge in [0.15, 0.2) is 0 Å². The van der Waals surface area contributed by atoms with Crippen molar-refractivity contribution in [3.05, 3.63) is 0 Å². The molecule has 2 heteroatoms. The second-order valence-corrected chi connectivity index (χ2v) is 5.34. The fourth-order valence-electron chi connectivity index (χ4n) is 3.02. The Bertz CT molecular complexity index is 229. The Morgan fingerprint density at radius 2 is 1.79 bits per heavy atom. The van der Waals surface area contributed by atoms with Crippen molar-refractivity contribution in [3.63, 3.8) is 0 Å². The molecule has 2 nitrogen and oxygen atoms in total. The number of carbonyl (C=O) groups excluding carboxylic acids is 1. The van der Waals surface area contributed by atoms with Gasteiger partial charge >= 0.3 is 0 Å². The fraction of sp³-hybridized carbons (Fsp3) is 0.917. The van der Waals surface area contributed by atoms with Crippen molar-refractivity contribution in [1.82, 2.24) is 0 Å². The minimum atomic E-state index is 0.485. The van der Waals surface area contributed by atoms with Crippen molar-refractivity contribution in [2.45, 2.75) is 44.6 Å². The Labute approximate surface area is 85.0 Å². The van der Waals surface area contributed by atoms with Gasteiger partial charge in [0.05, 0.1) is 6.10 Å². The van der Waals surface area contributed by atoms with Gasteiger partial charge in [0.2, 0.25) is 0 Å². The molecule has 0 aromatic heterocycles. The first-order valence-corrected chi connectivity index (χ1v) is 5.94. The molecule has 14 heavy (non-hydrogen) atoms. The number of carbonyl (C=O) groups is 1. The summed E-state index contributed by atoms with van der Waals surface area (Å²) in [4.78, 5) is 11.2. The summed E-state index contributed by atoms with van der Waals surface area (Å²) in [5.41, 5.74) is 0. The number of rotatable bonds is 3. The average molecular weight is 194 g/mol. The molecule has 0 saturated heterocycles. The molecule has 0 heterocycles. The van der Waals surface area contributed by atoms with E-state index >= 15 is 0 Å². The first-order valence-electron chi connectivity index (χ1n) is 5.94. The summed E-state index contributed by atoms with van der Waals surface area (Å²) in [6.07, 6.45) is 7.23. The molecule has 0 spiro atoms. The van der Waals surface area contributed by atoms with Crippen LogP contribution in [0.1, 0.15) is 38.5 Å². The topological polar surface area (TPSA) is 26.3 Å². The Hall–Kier alpha value is -0.370. The van der Waals surface area contributed by atoms with Crippen LogP contribution in [0.25, 0.3) is 0 Å². The van der Waals surface area contributed by atoms with Crippen molar-refractivity contribution >= 4 is 5.78 Å². The molecule has 0 aromatic carbocycles. The lowest BCUT2D eigenvalue weighted by Crippen LogP contribution is -2.12. The predicted octanol–water partition coefficient (Wildman–Crippen LogP) is 2.17. The minimum Gasteiger partial charge on any atom is -0.378 e. The van der Waals surface area contributed by atoms with Gasteiger partial charge in [-0.15, -0.1) is 0 Å². The molecule has 3 saturated carbocycles. The third-order valence-corrected chi connectivity index (χ3v) is 4.04. The lowest BCUT2D eigenvalue weighted by Gasteiger charge is -2.11. The standard InChI is InChI=1S/C12H18O2/c13-11-3-9-5-12(6-10(9)4-11)14-7-8-1-2-8/h8-10,12H,1-7H2/t9-,10+,12-. The van der Waals surface area contributed by atoms with Gasteiger partial charge in [-0.3, -0.25) is 4.79 Å². The second-order valence-electron chi connectivity index (χ2n) is 5.34. The second kappa shape index (κ2) is 3.34. The third kappa shape index (κ3) is 1.72. The lowest BCUT2D eigenvalue weighted by atomic mass is 10.0. The van der Waals surface area contributed by atoms with Crippen LogP contribution in [-0.2, 0) is 9.53 Å². The van der Waals surface area contributed by atoms with Crippen LogP contribution in [0.3, 0.4) is 0 Å². The Kier molecular flexibility index (Phi) is 2.12. The monoisotopic (exact) mass is 194 g/mol. The van der Waals surface area contributed by atoms with Gasteiger partial charge < -0.3 is 4.74 Å². The lowest BCUT2D eigenvalue weighted by molar-refractivity contribution is -0.118. The van der Waals surface area contributed by atoms with Gasteiger partial charge in [-0.2, -0.15) is 0 Å². The Morgan fingerprint density at radius 1 is 1.14 bits per heavy atom. The van der Waals surface area contributed by atoms with E-state index in [1.165, 1.54) is 12.8 Å². The third-order valence-electron chi connectivity index (χ3n) is 4.04. The zero-order valence-electron chi connectivity index (χ0n) is 8.58. The highest BCUT2D eigenvalue weighted by Gasteiger charge is 2.41. The normalized spacial score (nSPS) is 41.7. The van der Waals surface area contributed by atoms with Crippen LogP contribution < -0.4 is 0 Å². The molecule has 3 aliphatic carbocycles. The van der Waals surface area contributed by atoms with Gasteiger partial charge in [-0.25, -0.2) is 0 Å². The van der Waals surface area contributed by atoms with Crippen LogP contribution in [0.2, 0.25) is 0 Å². The first-order chi connectivity index (χ1) is 6.81. The molecule has 0 N–H and O–H groups in total. The first kappa shape index (κ1) is 8.90. The summed E-state index contributed by atoms with van der Waals surface area (Å²) in [5.74, 6) is 2.70. The number of hydrogen-bond donors (Lipinski definition) is 0. The van der Waals surface area contributed by atoms with E-state index < -0.39 is 0 Å². The molecular formula is C12H18O2. The summed E-state index contributed by atoms with van der Waals surface area (Å²) >= 11 is 0. The number of ether oxygens (including phenoxy) is 1. The molecular weight excluding hydrogens is 176 g/mol. The highest BCUT2D eigenvalue weighted by atomic mass is 16.5. The molecule has 0 radical (unpaired) electrons. The van der Waals surface area contributed by atoms with E-state index in [0.717, 1.165) is 38.2 Å². The van der Waals surface area contributed by atoms with Crippen LogP contribution in [0.15, 0.2) is 0 Å². The molecule has 0 unspecified atom stereocenters. The summed E-state index contributed by atoms with van der Waals surface area (Å²) in [5, 5.41) is 0. The molecule has 3 atom stereocenters. The highest BCUT2D eigenvalue weighted by Crippen LogP contribution is 2.44. The van der Waals surface area contributed by atoms with Crippen molar-refractivity contribution < 1.29 is 9.53 Å². The van der Waals surface area contributed by atoms with Crippen LogP contribution >= 0.6 is 0 Å². The van der Waals surface area contributed by atoms with Gasteiger partial charge in [0.1, 0.15) is 5.78 Å². The Morgan fingerprint density at radius 3 is 2.36 bits per heavy atom. The summed E-state index contributed by atoms with van der Waals surface area (Å²) in [6, 6.07) is 0. The van der Waals surface area contributed by atoms with E-state index in [9.17, 15) is 4.79 Å². The zero-order chi connectivity index (χ0) is 9.54. The number of fused-ring (bicyclic) bond motifs is 1. The van der Waals surface area contributed by atoms with Crippen molar-refractivity contribution in [1.29, 1.82) is 0 Å². The molecule has 0 aliphatic heterocycles. The highest BCUT2D eigenvalue weighted by molar-refractivity contribution is 5.81. The largest absolute Gasteiger partial charge is 0.378 e. The van der Waals surface area contributed by atoms with Crippen LogP contribution in [0.5, 0.6) is 0 Å². The number of hydrogen-bond acceptors (Lipinski definition) is 2. The summed E-state index contributed by atoms with van der Waals surface area (Å²) < 4.78 is 5.89. The zero-order valence-corrected chi connectivity index (χ0v) is 8.58. The van der Waals surface area contributed by atoms with Gasteiger partial charge in [-0.05, 0) is 43.4 Å². The van der Waals surface area contributed by atoms with Crippen LogP contribution in [0.4, 0.5) is 0 Å². The average Bonchev–Trinajstić information content (AvgIpc) is 2.80. The van der Waals surface area contributed by atoms with Crippen LogP contribution in [-0.4, -0.2) is 18.5 Å². The number of ketones is 1. The molecule has 78 valence electrons. The van der Waals surface area contributed by atoms with Crippen molar-refractivity contribution in [3.8, 4) is 0 Å². The SMILES string of the molecule is O=C1C[C@@H]2C[C@@H](OCC3CC3)C[C@@H]2C1.